The van der Waals surface area contributed by atoms with Crippen LogP contribution in [0.25, 0.3) is 0 Å². The van der Waals surface area contributed by atoms with Crippen molar-refractivity contribution in [1.29, 1.82) is 0 Å². The van der Waals surface area contributed by atoms with Crippen molar-refractivity contribution in [3.63, 3.8) is 0 Å². The van der Waals surface area contributed by atoms with Gasteiger partial charge in [-0.15, -0.1) is 0 Å². The van der Waals surface area contributed by atoms with Crippen molar-refractivity contribution < 1.29 is 27.1 Å². The maximum absolute atomic E-state index is 13.8. The van der Waals surface area contributed by atoms with Crippen LogP contribution in [0.5, 0.6) is 5.75 Å². The smallest absolute Gasteiger partial charge is 0.261 e. The number of ether oxygens (including phenoxy) is 1. The van der Waals surface area contributed by atoms with Crippen molar-refractivity contribution >= 4 is 39.1 Å². The number of benzene rings is 2. The van der Waals surface area contributed by atoms with Crippen molar-refractivity contribution in [2.45, 2.75) is 0 Å². The van der Waals surface area contributed by atoms with E-state index in [0.717, 1.165) is 7.11 Å². The lowest BCUT2D eigenvalue weighted by Gasteiger charge is -2.12. The molecule has 0 heterocycles. The van der Waals surface area contributed by atoms with Gasteiger partial charge in [-0.25, -0.2) is 8.78 Å². The van der Waals surface area contributed by atoms with Gasteiger partial charge in [-0.3, -0.25) is 4.79 Å². The van der Waals surface area contributed by atoms with E-state index in [9.17, 15) is 22.4 Å². The summed E-state index contributed by atoms with van der Waals surface area (Å²) in [5.74, 6) is -10.0. The minimum absolute atomic E-state index is 0.00954. The van der Waals surface area contributed by atoms with Crippen molar-refractivity contribution in [2.75, 3.05) is 12.4 Å². The molecule has 23 heavy (non-hydrogen) atoms. The molecule has 0 bridgehead atoms. The van der Waals surface area contributed by atoms with Gasteiger partial charge in [0.1, 0.15) is 5.56 Å². The third kappa shape index (κ3) is 3.28. The predicted molar refractivity (Wildman–Crippen MR) is 79.9 cm³/mol. The fraction of sp³-hybridized carbons (Fsp3) is 0.0714. The maximum atomic E-state index is 13.8. The summed E-state index contributed by atoms with van der Waals surface area (Å²) in [5, 5.41) is 2.14. The first-order valence-electron chi connectivity index (χ1n) is 5.94. The highest BCUT2D eigenvalue weighted by Gasteiger charge is 2.30. The molecule has 2 aromatic carbocycles. The third-order valence-electron chi connectivity index (χ3n) is 2.83. The van der Waals surface area contributed by atoms with E-state index in [2.05, 4.69) is 26.0 Å². The molecule has 1 N–H and O–H groups in total. The Morgan fingerprint density at radius 2 is 1.70 bits per heavy atom. The summed E-state index contributed by atoms with van der Waals surface area (Å²) >= 11 is 8.99. The van der Waals surface area contributed by atoms with Crippen LogP contribution in [0.1, 0.15) is 10.4 Å². The molecule has 3 nitrogen and oxygen atoms in total. The number of carbonyl (C=O) groups excluding carboxylic acids is 1. The standard InChI is InChI=1S/C14H7BrClF4NO2/c1-23-13-11(19)9(17)8(10(18)12(13)20)14(22)21-7-3-2-5(15)4-6(7)16/h2-4H,1H3,(H,21,22). The van der Waals surface area contributed by atoms with Crippen LogP contribution in [0.15, 0.2) is 22.7 Å². The number of halogens is 6. The summed E-state index contributed by atoms with van der Waals surface area (Å²) in [5.41, 5.74) is -1.41. The Bertz CT molecular complexity index is 772. The van der Waals surface area contributed by atoms with E-state index in [1.807, 2.05) is 0 Å². The van der Waals surface area contributed by atoms with E-state index in [0.29, 0.717) is 4.47 Å². The maximum Gasteiger partial charge on any atom is 0.261 e. The molecular formula is C14H7BrClF4NO2. The van der Waals surface area contributed by atoms with E-state index in [-0.39, 0.29) is 10.7 Å². The van der Waals surface area contributed by atoms with Crippen LogP contribution in [0.4, 0.5) is 23.2 Å². The summed E-state index contributed by atoms with van der Waals surface area (Å²) in [7, 11) is 0.835. The Hall–Kier alpha value is -1.80. The van der Waals surface area contributed by atoms with Gasteiger partial charge in [-0.05, 0) is 18.2 Å². The molecule has 2 rings (SSSR count). The second-order valence-corrected chi connectivity index (χ2v) is 5.57. The average molecular weight is 413 g/mol. The highest BCUT2D eigenvalue weighted by molar-refractivity contribution is 9.10. The summed E-state index contributed by atoms with van der Waals surface area (Å²) in [6, 6.07) is 4.26. The first-order valence-corrected chi connectivity index (χ1v) is 7.11. The van der Waals surface area contributed by atoms with Crippen molar-refractivity contribution in [3.8, 4) is 5.75 Å². The number of methoxy groups -OCH3 is 1. The second kappa shape index (κ2) is 6.76. The van der Waals surface area contributed by atoms with E-state index in [1.54, 1.807) is 0 Å². The largest absolute Gasteiger partial charge is 0.491 e. The molecule has 0 aliphatic heterocycles. The van der Waals surface area contributed by atoms with E-state index >= 15 is 0 Å². The number of hydrogen-bond donors (Lipinski definition) is 1. The van der Waals surface area contributed by atoms with Gasteiger partial charge in [0.2, 0.25) is 11.6 Å². The molecule has 0 aliphatic rings. The van der Waals surface area contributed by atoms with Crippen LogP contribution in [0, 0.1) is 23.3 Å². The lowest BCUT2D eigenvalue weighted by atomic mass is 10.1. The fourth-order valence-electron chi connectivity index (χ4n) is 1.77. The van der Waals surface area contributed by atoms with Crippen LogP contribution in [-0.2, 0) is 0 Å². The molecule has 9 heteroatoms. The predicted octanol–water partition coefficient (Wildman–Crippen LogP) is 4.92. The van der Waals surface area contributed by atoms with Gasteiger partial charge in [-0.2, -0.15) is 8.78 Å². The Labute approximate surface area is 141 Å². The summed E-state index contributed by atoms with van der Waals surface area (Å²) in [6.45, 7) is 0. The molecule has 0 radical (unpaired) electrons. The molecule has 2 aromatic rings. The SMILES string of the molecule is COc1c(F)c(F)c(C(=O)Nc2ccc(Br)cc2Cl)c(F)c1F. The Morgan fingerprint density at radius 1 is 1.13 bits per heavy atom. The molecule has 0 saturated carbocycles. The molecular weight excluding hydrogens is 406 g/mol. The molecule has 0 spiro atoms. The first-order chi connectivity index (χ1) is 10.8. The first kappa shape index (κ1) is 17.6. The highest BCUT2D eigenvalue weighted by Crippen LogP contribution is 2.31. The average Bonchev–Trinajstić information content (AvgIpc) is 2.49. The minimum Gasteiger partial charge on any atom is -0.491 e. The molecule has 0 aromatic heterocycles. The second-order valence-electron chi connectivity index (χ2n) is 4.24. The number of carbonyl (C=O) groups is 1. The van der Waals surface area contributed by atoms with E-state index in [4.69, 9.17) is 11.6 Å². The fourth-order valence-corrected chi connectivity index (χ4v) is 2.49. The van der Waals surface area contributed by atoms with Gasteiger partial charge in [0.25, 0.3) is 5.91 Å². The number of anilines is 1. The van der Waals surface area contributed by atoms with Crippen LogP contribution in [-0.4, -0.2) is 13.0 Å². The molecule has 122 valence electrons. The van der Waals surface area contributed by atoms with Gasteiger partial charge in [0.05, 0.1) is 17.8 Å². The quantitative estimate of drug-likeness (QED) is 0.574. The van der Waals surface area contributed by atoms with Crippen LogP contribution < -0.4 is 10.1 Å². The topological polar surface area (TPSA) is 38.3 Å². The van der Waals surface area contributed by atoms with Crippen molar-refractivity contribution in [1.82, 2.24) is 0 Å². The van der Waals surface area contributed by atoms with Crippen LogP contribution in [0.2, 0.25) is 5.02 Å². The molecule has 0 fully saturated rings. The highest BCUT2D eigenvalue weighted by atomic mass is 79.9. The number of hydrogen-bond acceptors (Lipinski definition) is 2. The van der Waals surface area contributed by atoms with Gasteiger partial charge >= 0.3 is 0 Å². The third-order valence-corrected chi connectivity index (χ3v) is 3.64. The summed E-state index contributed by atoms with van der Waals surface area (Å²) in [4.78, 5) is 12.0. The minimum atomic E-state index is -1.87. The Balaban J connectivity index is 2.48. The molecule has 0 unspecified atom stereocenters. The molecule has 0 atom stereocenters. The lowest BCUT2D eigenvalue weighted by Crippen LogP contribution is -2.19. The lowest BCUT2D eigenvalue weighted by molar-refractivity contribution is 0.101. The monoisotopic (exact) mass is 411 g/mol. The summed E-state index contributed by atoms with van der Waals surface area (Å²) < 4.78 is 59.8. The van der Waals surface area contributed by atoms with E-state index in [1.165, 1.54) is 18.2 Å². The van der Waals surface area contributed by atoms with Crippen molar-refractivity contribution in [2.24, 2.45) is 0 Å². The van der Waals surface area contributed by atoms with Crippen LogP contribution in [0.3, 0.4) is 0 Å². The summed E-state index contributed by atoms with van der Waals surface area (Å²) in [6.07, 6.45) is 0. The molecule has 0 saturated heterocycles. The number of nitrogens with one attached hydrogen (secondary N) is 1. The van der Waals surface area contributed by atoms with E-state index < -0.39 is 40.5 Å². The molecule has 1 amide bonds. The Morgan fingerprint density at radius 3 is 2.17 bits per heavy atom. The van der Waals surface area contributed by atoms with Crippen molar-refractivity contribution in [3.05, 3.63) is 56.5 Å². The van der Waals surface area contributed by atoms with Crippen LogP contribution >= 0.6 is 27.5 Å². The van der Waals surface area contributed by atoms with Gasteiger partial charge in [-0.1, -0.05) is 27.5 Å². The normalized spacial score (nSPS) is 10.6. The zero-order valence-electron chi connectivity index (χ0n) is 11.3. The van der Waals surface area contributed by atoms with Gasteiger partial charge in [0, 0.05) is 4.47 Å². The van der Waals surface area contributed by atoms with Gasteiger partial charge < -0.3 is 10.1 Å². The number of rotatable bonds is 3. The Kier molecular flexibility index (Phi) is 5.16. The van der Waals surface area contributed by atoms with Gasteiger partial charge in [0.15, 0.2) is 17.4 Å². The zero-order valence-corrected chi connectivity index (χ0v) is 13.7. The molecule has 0 aliphatic carbocycles. The zero-order chi connectivity index (χ0) is 17.3. The number of amides is 1.